The lowest BCUT2D eigenvalue weighted by molar-refractivity contribution is 0.186. The number of nitrogens with one attached hydrogen (secondary N) is 2. The highest BCUT2D eigenvalue weighted by Gasteiger charge is 2.42. The van der Waals surface area contributed by atoms with E-state index in [1.165, 1.54) is 4.57 Å². The summed E-state index contributed by atoms with van der Waals surface area (Å²) in [6.45, 7) is 15.3. The molecule has 3 aromatic rings. The molecular weight excluding hydrogens is 544 g/mol. The maximum Gasteiger partial charge on any atom is 0.274 e. The second kappa shape index (κ2) is 11.3. The summed E-state index contributed by atoms with van der Waals surface area (Å²) >= 11 is 6.26. The average Bonchev–Trinajstić information content (AvgIpc) is 3.24. The second-order valence-corrected chi connectivity index (χ2v) is 17.2. The third-order valence-electron chi connectivity index (χ3n) is 7.91. The Balaban J connectivity index is 1.67. The van der Waals surface area contributed by atoms with E-state index in [0.717, 1.165) is 16.8 Å². The summed E-state index contributed by atoms with van der Waals surface area (Å²) < 4.78 is 13.2. The zero-order valence-electron chi connectivity index (χ0n) is 24.2. The third-order valence-corrected chi connectivity index (χ3v) is 12.6. The van der Waals surface area contributed by atoms with Gasteiger partial charge in [0, 0.05) is 50.2 Å². The standard InChI is InChI=1S/C29H37ClN6O3Si/c1-28(2,3)40(6,7)39-18-29(4)17-33-25-20(15-31)12-19(13-22(25)29)23-8-9-32-27(34-23)35-24-14-21(30)16-36(26(24)37)10-11-38-5/h8-9,12-14,16,33H,10-11,17-18H2,1-7H3,(H,32,34,35)/t29-/m1/s1. The minimum atomic E-state index is -1.97. The van der Waals surface area contributed by atoms with Gasteiger partial charge in [-0.25, -0.2) is 9.97 Å². The Morgan fingerprint density at radius 3 is 2.73 bits per heavy atom. The van der Waals surface area contributed by atoms with Crippen molar-refractivity contribution in [3.05, 3.63) is 63.2 Å². The molecular formula is C29H37ClN6O3Si. The minimum absolute atomic E-state index is 0.0955. The number of hydrogen-bond acceptors (Lipinski definition) is 8. The SMILES string of the molecule is COCCn1cc(Cl)cc(Nc2nccc(-c3cc(C#N)c4c(c3)[C@@](C)(CO[Si](C)(C)C(C)(C)C)CN4)n2)c1=O. The maximum atomic E-state index is 12.9. The number of benzene rings is 1. The third kappa shape index (κ3) is 6.08. The van der Waals surface area contributed by atoms with E-state index in [-0.39, 0.29) is 27.6 Å². The van der Waals surface area contributed by atoms with Crippen molar-refractivity contribution in [2.45, 2.75) is 57.8 Å². The lowest BCUT2D eigenvalue weighted by Crippen LogP contribution is -2.45. The predicted octanol–water partition coefficient (Wildman–Crippen LogP) is 5.93. The first-order valence-corrected chi connectivity index (χ1v) is 16.5. The Hall–Kier alpha value is -3.23. The summed E-state index contributed by atoms with van der Waals surface area (Å²) in [5.41, 5.74) is 3.52. The first-order chi connectivity index (χ1) is 18.8. The highest BCUT2D eigenvalue weighted by Crippen LogP contribution is 2.44. The topological polar surface area (TPSA) is 114 Å². The van der Waals surface area contributed by atoms with Gasteiger partial charge in [0.05, 0.1) is 28.6 Å². The minimum Gasteiger partial charge on any atom is -0.416 e. The van der Waals surface area contributed by atoms with Crippen LogP contribution in [0.15, 0.2) is 41.5 Å². The molecule has 0 saturated heterocycles. The molecule has 40 heavy (non-hydrogen) atoms. The average molecular weight is 581 g/mol. The van der Waals surface area contributed by atoms with Crippen molar-refractivity contribution in [1.29, 1.82) is 5.26 Å². The number of halogens is 1. The van der Waals surface area contributed by atoms with Crippen LogP contribution in [0.2, 0.25) is 23.2 Å². The van der Waals surface area contributed by atoms with Gasteiger partial charge in [-0.15, -0.1) is 0 Å². The molecule has 0 amide bonds. The molecule has 2 aromatic heterocycles. The van der Waals surface area contributed by atoms with E-state index in [1.807, 2.05) is 6.07 Å². The van der Waals surface area contributed by atoms with Crippen LogP contribution in [0.4, 0.5) is 17.3 Å². The number of aromatic nitrogens is 3. The molecule has 1 aliphatic heterocycles. The Morgan fingerprint density at radius 1 is 1.30 bits per heavy atom. The summed E-state index contributed by atoms with van der Waals surface area (Å²) in [5.74, 6) is 0.247. The van der Waals surface area contributed by atoms with Crippen LogP contribution in [0, 0.1) is 11.3 Å². The zero-order chi connectivity index (χ0) is 29.3. The van der Waals surface area contributed by atoms with Crippen molar-refractivity contribution in [2.75, 3.05) is 37.5 Å². The van der Waals surface area contributed by atoms with E-state index in [2.05, 4.69) is 73.5 Å². The lowest BCUT2D eigenvalue weighted by atomic mass is 9.83. The molecule has 4 rings (SSSR count). The van der Waals surface area contributed by atoms with Gasteiger partial charge in [-0.2, -0.15) is 5.26 Å². The second-order valence-electron chi connectivity index (χ2n) is 12.0. The molecule has 1 atom stereocenters. The van der Waals surface area contributed by atoms with Crippen molar-refractivity contribution in [1.82, 2.24) is 14.5 Å². The summed E-state index contributed by atoms with van der Waals surface area (Å²) in [6, 6.07) is 9.58. The van der Waals surface area contributed by atoms with E-state index < -0.39 is 8.32 Å². The fourth-order valence-electron chi connectivity index (χ4n) is 4.35. The fraction of sp³-hybridized carbons (Fsp3) is 0.448. The quantitative estimate of drug-likeness (QED) is 0.300. The molecule has 0 bridgehead atoms. The molecule has 0 unspecified atom stereocenters. The molecule has 0 saturated carbocycles. The molecule has 0 aliphatic carbocycles. The lowest BCUT2D eigenvalue weighted by Gasteiger charge is -2.39. The Kier molecular flexibility index (Phi) is 8.43. The number of nitrogens with zero attached hydrogens (tertiary/aromatic N) is 4. The normalized spacial score (nSPS) is 16.8. The van der Waals surface area contributed by atoms with E-state index in [9.17, 15) is 10.1 Å². The van der Waals surface area contributed by atoms with Crippen LogP contribution in [-0.2, 0) is 21.1 Å². The molecule has 2 N–H and O–H groups in total. The first-order valence-electron chi connectivity index (χ1n) is 13.2. The summed E-state index contributed by atoms with van der Waals surface area (Å²) in [4.78, 5) is 21.9. The number of pyridine rings is 1. The van der Waals surface area contributed by atoms with Gasteiger partial charge in [-0.3, -0.25) is 4.79 Å². The van der Waals surface area contributed by atoms with Crippen LogP contribution < -0.4 is 16.2 Å². The number of methoxy groups -OCH3 is 1. The van der Waals surface area contributed by atoms with Gasteiger partial charge in [-0.05, 0) is 48.0 Å². The van der Waals surface area contributed by atoms with Crippen LogP contribution in [0.3, 0.4) is 0 Å². The molecule has 1 aliphatic rings. The largest absolute Gasteiger partial charge is 0.416 e. The highest BCUT2D eigenvalue weighted by atomic mass is 35.5. The summed E-state index contributed by atoms with van der Waals surface area (Å²) in [5, 5.41) is 16.9. The predicted molar refractivity (Wildman–Crippen MR) is 162 cm³/mol. The number of hydrogen-bond donors (Lipinski definition) is 2. The van der Waals surface area contributed by atoms with Crippen molar-refractivity contribution in [3.8, 4) is 17.3 Å². The van der Waals surface area contributed by atoms with Crippen LogP contribution in [-0.4, -0.2) is 49.7 Å². The Morgan fingerprint density at radius 2 is 2.05 bits per heavy atom. The molecule has 212 valence electrons. The molecule has 9 nitrogen and oxygen atoms in total. The van der Waals surface area contributed by atoms with Crippen LogP contribution >= 0.6 is 11.6 Å². The van der Waals surface area contributed by atoms with Crippen molar-refractivity contribution in [3.63, 3.8) is 0 Å². The molecule has 11 heteroatoms. The van der Waals surface area contributed by atoms with Crippen molar-refractivity contribution in [2.24, 2.45) is 0 Å². The van der Waals surface area contributed by atoms with E-state index in [0.29, 0.717) is 42.6 Å². The molecule has 0 spiro atoms. The van der Waals surface area contributed by atoms with Gasteiger partial charge in [-0.1, -0.05) is 39.3 Å². The van der Waals surface area contributed by atoms with Gasteiger partial charge in [0.1, 0.15) is 11.8 Å². The van der Waals surface area contributed by atoms with Crippen molar-refractivity contribution >= 4 is 37.2 Å². The zero-order valence-corrected chi connectivity index (χ0v) is 25.9. The van der Waals surface area contributed by atoms with Crippen molar-refractivity contribution < 1.29 is 9.16 Å². The molecule has 0 fully saturated rings. The van der Waals surface area contributed by atoms with Gasteiger partial charge in [0.25, 0.3) is 5.56 Å². The van der Waals surface area contributed by atoms with Gasteiger partial charge < -0.3 is 24.4 Å². The monoisotopic (exact) mass is 580 g/mol. The highest BCUT2D eigenvalue weighted by molar-refractivity contribution is 6.74. The number of nitriles is 1. The van der Waals surface area contributed by atoms with Crippen LogP contribution in [0.1, 0.15) is 38.8 Å². The maximum absolute atomic E-state index is 12.9. The van der Waals surface area contributed by atoms with Gasteiger partial charge in [0.2, 0.25) is 5.95 Å². The number of fused-ring (bicyclic) bond motifs is 1. The van der Waals surface area contributed by atoms with Gasteiger partial charge in [0.15, 0.2) is 8.32 Å². The van der Waals surface area contributed by atoms with Gasteiger partial charge >= 0.3 is 0 Å². The van der Waals surface area contributed by atoms with Crippen LogP contribution in [0.5, 0.6) is 0 Å². The number of rotatable bonds is 9. The summed E-state index contributed by atoms with van der Waals surface area (Å²) in [7, 11) is -0.396. The molecule has 0 radical (unpaired) electrons. The Labute approximate surface area is 241 Å². The van der Waals surface area contributed by atoms with Crippen LogP contribution in [0.25, 0.3) is 11.3 Å². The number of ether oxygens (including phenoxy) is 1. The smallest absolute Gasteiger partial charge is 0.274 e. The Bertz CT molecular complexity index is 1510. The first kappa shape index (κ1) is 29.7. The van der Waals surface area contributed by atoms with E-state index in [1.54, 1.807) is 31.6 Å². The van der Waals surface area contributed by atoms with E-state index >= 15 is 0 Å². The fourth-order valence-corrected chi connectivity index (χ4v) is 5.69. The molecule has 1 aromatic carbocycles. The van der Waals surface area contributed by atoms with E-state index in [4.69, 9.17) is 20.8 Å². The molecule has 3 heterocycles. The summed E-state index contributed by atoms with van der Waals surface area (Å²) in [6.07, 6.45) is 3.19. The number of anilines is 3.